The number of ether oxygens (including phenoxy) is 1. The molecule has 2 aliphatic heterocycles. The summed E-state index contributed by atoms with van der Waals surface area (Å²) in [5.74, 6) is 0.982. The fourth-order valence-electron chi connectivity index (χ4n) is 3.49. The fourth-order valence-corrected chi connectivity index (χ4v) is 3.86. The molecule has 0 amide bonds. The van der Waals surface area contributed by atoms with Crippen molar-refractivity contribution in [2.24, 2.45) is 0 Å². The fraction of sp³-hybridized carbons (Fsp3) is 0.368. The normalized spacial score (nSPS) is 19.7. The van der Waals surface area contributed by atoms with Crippen molar-refractivity contribution in [3.05, 3.63) is 58.6 Å². The summed E-state index contributed by atoms with van der Waals surface area (Å²) in [7, 11) is 0. The standard InChI is InChI=1S/C19H21BrN2O/c20-16-6-7-18-17(12-16)21-14-19(23-18)8-10-22(11-9-19)13-15-4-2-1-3-5-15/h1-7,12,21H,8-11,13-14H2. The monoisotopic (exact) mass is 372 g/mol. The van der Waals surface area contributed by atoms with Crippen molar-refractivity contribution < 1.29 is 4.74 Å². The van der Waals surface area contributed by atoms with E-state index in [9.17, 15) is 0 Å². The lowest BCUT2D eigenvalue weighted by Crippen LogP contribution is -2.53. The van der Waals surface area contributed by atoms with E-state index in [0.29, 0.717) is 0 Å². The maximum absolute atomic E-state index is 6.40. The van der Waals surface area contributed by atoms with Crippen molar-refractivity contribution in [1.29, 1.82) is 0 Å². The number of nitrogens with zero attached hydrogens (tertiary/aromatic N) is 1. The van der Waals surface area contributed by atoms with Crippen molar-refractivity contribution >= 4 is 21.6 Å². The Balaban J connectivity index is 1.40. The van der Waals surface area contributed by atoms with Gasteiger partial charge in [-0.15, -0.1) is 0 Å². The van der Waals surface area contributed by atoms with E-state index in [4.69, 9.17) is 4.74 Å². The highest BCUT2D eigenvalue weighted by molar-refractivity contribution is 9.10. The number of hydrogen-bond donors (Lipinski definition) is 1. The second kappa shape index (κ2) is 6.17. The summed E-state index contributed by atoms with van der Waals surface area (Å²) in [5.41, 5.74) is 2.44. The number of benzene rings is 2. The van der Waals surface area contributed by atoms with Gasteiger partial charge in [0.05, 0.1) is 12.2 Å². The van der Waals surface area contributed by atoms with Crippen LogP contribution < -0.4 is 10.1 Å². The van der Waals surface area contributed by atoms with Gasteiger partial charge in [0, 0.05) is 36.9 Å². The predicted octanol–water partition coefficient (Wildman–Crippen LogP) is 4.29. The molecule has 0 atom stereocenters. The van der Waals surface area contributed by atoms with Gasteiger partial charge < -0.3 is 10.1 Å². The number of piperidine rings is 1. The van der Waals surface area contributed by atoms with E-state index in [1.807, 2.05) is 6.07 Å². The number of halogens is 1. The lowest BCUT2D eigenvalue weighted by molar-refractivity contribution is 0.00514. The first-order valence-electron chi connectivity index (χ1n) is 8.21. The van der Waals surface area contributed by atoms with Crippen LogP contribution in [0.25, 0.3) is 0 Å². The smallest absolute Gasteiger partial charge is 0.143 e. The molecular weight excluding hydrogens is 352 g/mol. The van der Waals surface area contributed by atoms with E-state index < -0.39 is 0 Å². The molecule has 1 saturated heterocycles. The van der Waals surface area contributed by atoms with Crippen LogP contribution in [0.5, 0.6) is 5.75 Å². The molecule has 0 aliphatic carbocycles. The van der Waals surface area contributed by atoms with Crippen LogP contribution in [0.4, 0.5) is 5.69 Å². The summed E-state index contributed by atoms with van der Waals surface area (Å²) in [4.78, 5) is 2.53. The molecule has 0 aromatic heterocycles. The van der Waals surface area contributed by atoms with Crippen molar-refractivity contribution in [3.8, 4) is 5.75 Å². The molecule has 4 rings (SSSR count). The number of rotatable bonds is 2. The van der Waals surface area contributed by atoms with Gasteiger partial charge in [-0.3, -0.25) is 4.90 Å². The van der Waals surface area contributed by atoms with E-state index in [0.717, 1.165) is 54.9 Å². The van der Waals surface area contributed by atoms with Gasteiger partial charge in [0.2, 0.25) is 0 Å². The molecule has 2 aliphatic rings. The number of anilines is 1. The quantitative estimate of drug-likeness (QED) is 0.850. The Kier molecular flexibility index (Phi) is 4.04. The van der Waals surface area contributed by atoms with Gasteiger partial charge in [-0.2, -0.15) is 0 Å². The molecule has 2 heterocycles. The van der Waals surface area contributed by atoms with Gasteiger partial charge in [0.15, 0.2) is 0 Å². The number of likely N-dealkylation sites (tertiary alicyclic amines) is 1. The van der Waals surface area contributed by atoms with E-state index in [1.165, 1.54) is 5.56 Å². The van der Waals surface area contributed by atoms with Crippen LogP contribution in [0.1, 0.15) is 18.4 Å². The maximum atomic E-state index is 6.40. The molecule has 4 heteroatoms. The van der Waals surface area contributed by atoms with Gasteiger partial charge in [0.1, 0.15) is 11.4 Å². The Morgan fingerprint density at radius 3 is 2.65 bits per heavy atom. The Morgan fingerprint density at radius 1 is 1.09 bits per heavy atom. The van der Waals surface area contributed by atoms with Crippen LogP contribution in [-0.4, -0.2) is 30.1 Å². The first-order valence-corrected chi connectivity index (χ1v) is 9.01. The molecule has 0 saturated carbocycles. The zero-order valence-electron chi connectivity index (χ0n) is 13.1. The second-order valence-corrected chi connectivity index (χ2v) is 7.46. The van der Waals surface area contributed by atoms with Crippen LogP contribution >= 0.6 is 15.9 Å². The van der Waals surface area contributed by atoms with Crippen LogP contribution in [0.15, 0.2) is 53.0 Å². The zero-order valence-corrected chi connectivity index (χ0v) is 14.7. The lowest BCUT2D eigenvalue weighted by atomic mass is 9.89. The molecule has 0 unspecified atom stereocenters. The molecule has 1 N–H and O–H groups in total. The molecule has 1 spiro atoms. The molecule has 2 aromatic rings. The molecule has 2 aromatic carbocycles. The predicted molar refractivity (Wildman–Crippen MR) is 96.9 cm³/mol. The topological polar surface area (TPSA) is 24.5 Å². The number of hydrogen-bond acceptors (Lipinski definition) is 3. The summed E-state index contributed by atoms with van der Waals surface area (Å²) in [6.45, 7) is 4.11. The summed E-state index contributed by atoms with van der Waals surface area (Å²) >= 11 is 3.52. The summed E-state index contributed by atoms with van der Waals surface area (Å²) < 4.78 is 7.49. The van der Waals surface area contributed by atoms with E-state index in [2.05, 4.69) is 68.6 Å². The van der Waals surface area contributed by atoms with Crippen molar-refractivity contribution in [3.63, 3.8) is 0 Å². The minimum atomic E-state index is -0.0476. The summed E-state index contributed by atoms with van der Waals surface area (Å²) in [5, 5.41) is 3.55. The zero-order chi connectivity index (χ0) is 15.7. The Morgan fingerprint density at radius 2 is 1.87 bits per heavy atom. The van der Waals surface area contributed by atoms with E-state index in [1.54, 1.807) is 0 Å². The molecule has 0 radical (unpaired) electrons. The number of nitrogens with one attached hydrogen (secondary N) is 1. The van der Waals surface area contributed by atoms with Gasteiger partial charge in [-0.25, -0.2) is 0 Å². The van der Waals surface area contributed by atoms with Gasteiger partial charge >= 0.3 is 0 Å². The third kappa shape index (κ3) is 3.24. The van der Waals surface area contributed by atoms with Crippen molar-refractivity contribution in [2.45, 2.75) is 25.0 Å². The average Bonchev–Trinajstić information content (AvgIpc) is 2.59. The average molecular weight is 373 g/mol. The minimum Gasteiger partial charge on any atom is -0.483 e. The van der Waals surface area contributed by atoms with Crippen LogP contribution in [0, 0.1) is 0 Å². The highest BCUT2D eigenvalue weighted by atomic mass is 79.9. The highest BCUT2D eigenvalue weighted by Crippen LogP contribution is 2.39. The largest absolute Gasteiger partial charge is 0.483 e. The van der Waals surface area contributed by atoms with Crippen LogP contribution in [0.3, 0.4) is 0 Å². The Labute approximate surface area is 145 Å². The first-order chi connectivity index (χ1) is 11.2. The van der Waals surface area contributed by atoms with Crippen molar-refractivity contribution in [1.82, 2.24) is 4.90 Å². The minimum absolute atomic E-state index is 0.0476. The van der Waals surface area contributed by atoms with Crippen LogP contribution in [0.2, 0.25) is 0 Å². The first kappa shape index (κ1) is 15.0. The highest BCUT2D eigenvalue weighted by Gasteiger charge is 2.39. The maximum Gasteiger partial charge on any atom is 0.143 e. The SMILES string of the molecule is Brc1ccc2c(c1)NCC1(CCN(Cc3ccccc3)CC1)O2. The Bertz CT molecular complexity index is 681. The number of fused-ring (bicyclic) bond motifs is 1. The lowest BCUT2D eigenvalue weighted by Gasteiger charge is -2.45. The van der Waals surface area contributed by atoms with E-state index >= 15 is 0 Å². The molecular formula is C19H21BrN2O. The van der Waals surface area contributed by atoms with Gasteiger partial charge in [-0.05, 0) is 23.8 Å². The molecule has 0 bridgehead atoms. The van der Waals surface area contributed by atoms with Gasteiger partial charge in [0.25, 0.3) is 0 Å². The third-order valence-corrected chi connectivity index (χ3v) is 5.38. The molecule has 23 heavy (non-hydrogen) atoms. The van der Waals surface area contributed by atoms with Gasteiger partial charge in [-0.1, -0.05) is 46.3 Å². The molecule has 120 valence electrons. The summed E-state index contributed by atoms with van der Waals surface area (Å²) in [6.07, 6.45) is 2.14. The molecule has 1 fully saturated rings. The van der Waals surface area contributed by atoms with Crippen LogP contribution in [-0.2, 0) is 6.54 Å². The third-order valence-electron chi connectivity index (χ3n) is 4.89. The van der Waals surface area contributed by atoms with E-state index in [-0.39, 0.29) is 5.60 Å². The second-order valence-electron chi connectivity index (χ2n) is 6.54. The summed E-state index contributed by atoms with van der Waals surface area (Å²) in [6, 6.07) is 16.9. The molecule has 3 nitrogen and oxygen atoms in total. The van der Waals surface area contributed by atoms with Crippen molar-refractivity contribution in [2.75, 3.05) is 25.0 Å². The Hall–Kier alpha value is -1.52.